The lowest BCUT2D eigenvalue weighted by atomic mass is 9.69. The van der Waals surface area contributed by atoms with Crippen molar-refractivity contribution in [2.24, 2.45) is 5.41 Å². The summed E-state index contributed by atoms with van der Waals surface area (Å²) in [6.45, 7) is 4.19. The molecule has 1 aliphatic carbocycles. The Balaban J connectivity index is 2.19. The third kappa shape index (κ3) is 2.22. The molecule has 2 aromatic rings. The molecular formula is C17H20N2O3. The summed E-state index contributed by atoms with van der Waals surface area (Å²) in [4.78, 5) is 16.1. The molecule has 5 heteroatoms. The number of benzene rings is 1. The molecule has 5 nitrogen and oxygen atoms in total. The smallest absolute Gasteiger partial charge is 0.356 e. The number of esters is 1. The molecule has 3 rings (SSSR count). The van der Waals surface area contributed by atoms with Gasteiger partial charge in [-0.05, 0) is 23.0 Å². The summed E-state index contributed by atoms with van der Waals surface area (Å²) in [5.41, 5.74) is 2.13. The van der Waals surface area contributed by atoms with E-state index in [4.69, 9.17) is 4.74 Å². The topological polar surface area (TPSA) is 64.3 Å². The molecule has 1 aliphatic rings. The molecule has 0 saturated heterocycles. The zero-order chi connectivity index (χ0) is 15.9. The van der Waals surface area contributed by atoms with Crippen molar-refractivity contribution >= 4 is 5.97 Å². The largest absolute Gasteiger partial charge is 0.464 e. The number of hydrogen-bond donors (Lipinski definition) is 1. The van der Waals surface area contributed by atoms with Crippen molar-refractivity contribution in [2.75, 3.05) is 7.11 Å². The third-order valence-electron chi connectivity index (χ3n) is 4.45. The predicted molar refractivity (Wildman–Crippen MR) is 81.5 cm³/mol. The number of imidazole rings is 1. The molecule has 1 aromatic heterocycles. The number of hydrogen-bond acceptors (Lipinski definition) is 4. The van der Waals surface area contributed by atoms with Gasteiger partial charge in [0.05, 0.1) is 31.8 Å². The van der Waals surface area contributed by atoms with E-state index in [1.807, 2.05) is 28.8 Å². The normalized spacial score (nSPS) is 22.9. The maximum Gasteiger partial charge on any atom is 0.356 e. The van der Waals surface area contributed by atoms with Gasteiger partial charge >= 0.3 is 5.97 Å². The molecule has 0 spiro atoms. The number of ether oxygens (including phenoxy) is 1. The number of carbonyl (C=O) groups excluding carboxylic acids is 1. The number of methoxy groups -OCH3 is 1. The van der Waals surface area contributed by atoms with Gasteiger partial charge in [-0.25, -0.2) is 9.78 Å². The van der Waals surface area contributed by atoms with Crippen LogP contribution in [0.15, 0.2) is 36.8 Å². The van der Waals surface area contributed by atoms with Crippen molar-refractivity contribution < 1.29 is 14.6 Å². The number of carbonyl (C=O) groups is 1. The molecule has 2 atom stereocenters. The molecule has 0 saturated carbocycles. The second kappa shape index (κ2) is 5.25. The van der Waals surface area contributed by atoms with E-state index in [1.165, 1.54) is 13.3 Å². The molecule has 0 bridgehead atoms. The summed E-state index contributed by atoms with van der Waals surface area (Å²) >= 11 is 0. The first kappa shape index (κ1) is 14.8. The Morgan fingerprint density at radius 3 is 2.73 bits per heavy atom. The van der Waals surface area contributed by atoms with Gasteiger partial charge in [0, 0.05) is 0 Å². The minimum atomic E-state index is -0.493. The first-order chi connectivity index (χ1) is 10.5. The van der Waals surface area contributed by atoms with Crippen LogP contribution in [0.3, 0.4) is 0 Å². The average molecular weight is 300 g/mol. The molecule has 1 N–H and O–H groups in total. The van der Waals surface area contributed by atoms with E-state index in [9.17, 15) is 9.90 Å². The standard InChI is InChI=1S/C17H20N2O3/c1-17(2)8-14(20)11-6-4-5-7-12(11)15(17)19-10-18-9-13(19)16(21)22-3/h4-7,9-10,14-15,20H,8H2,1-3H3/t14-,15+/m0/s1. The van der Waals surface area contributed by atoms with E-state index in [0.29, 0.717) is 12.1 Å². The van der Waals surface area contributed by atoms with Gasteiger partial charge in [-0.3, -0.25) is 0 Å². The summed E-state index contributed by atoms with van der Waals surface area (Å²) in [6.07, 6.45) is 3.31. The third-order valence-corrected chi connectivity index (χ3v) is 4.45. The highest BCUT2D eigenvalue weighted by molar-refractivity contribution is 5.87. The molecule has 22 heavy (non-hydrogen) atoms. The maximum absolute atomic E-state index is 12.0. The van der Waals surface area contributed by atoms with Crippen molar-refractivity contribution in [3.05, 3.63) is 53.6 Å². The first-order valence-electron chi connectivity index (χ1n) is 7.32. The fourth-order valence-corrected chi connectivity index (χ4v) is 3.50. The number of aliphatic hydroxyl groups is 1. The highest BCUT2D eigenvalue weighted by Gasteiger charge is 2.42. The van der Waals surface area contributed by atoms with E-state index in [1.54, 1.807) is 6.33 Å². The quantitative estimate of drug-likeness (QED) is 0.866. The lowest BCUT2D eigenvalue weighted by Crippen LogP contribution is -2.36. The van der Waals surface area contributed by atoms with Crippen LogP contribution in [0.1, 0.15) is 54.0 Å². The van der Waals surface area contributed by atoms with Crippen LogP contribution in [0, 0.1) is 5.41 Å². The second-order valence-electron chi connectivity index (χ2n) is 6.42. The van der Waals surface area contributed by atoms with Gasteiger partial charge in [-0.2, -0.15) is 0 Å². The molecule has 0 unspecified atom stereocenters. The highest BCUT2D eigenvalue weighted by Crippen LogP contribution is 2.50. The van der Waals surface area contributed by atoms with Gasteiger partial charge in [-0.15, -0.1) is 0 Å². The number of aromatic nitrogens is 2. The minimum absolute atomic E-state index is 0.0799. The molecule has 116 valence electrons. The maximum atomic E-state index is 12.0. The van der Waals surface area contributed by atoms with E-state index in [0.717, 1.165) is 11.1 Å². The van der Waals surface area contributed by atoms with Crippen molar-refractivity contribution in [3.63, 3.8) is 0 Å². The Kier molecular flexibility index (Phi) is 3.53. The Morgan fingerprint density at radius 1 is 1.36 bits per heavy atom. The fraction of sp³-hybridized carbons (Fsp3) is 0.412. The van der Waals surface area contributed by atoms with Gasteiger partial charge < -0.3 is 14.4 Å². The van der Waals surface area contributed by atoms with Gasteiger partial charge in [-0.1, -0.05) is 38.1 Å². The Morgan fingerprint density at radius 2 is 2.05 bits per heavy atom. The molecule has 0 aliphatic heterocycles. The van der Waals surface area contributed by atoms with Crippen molar-refractivity contribution in [1.82, 2.24) is 9.55 Å². The predicted octanol–water partition coefficient (Wildman–Crippen LogP) is 2.72. The van der Waals surface area contributed by atoms with E-state index in [-0.39, 0.29) is 11.5 Å². The van der Waals surface area contributed by atoms with Crippen LogP contribution in [0.5, 0.6) is 0 Å². The lowest BCUT2D eigenvalue weighted by Gasteiger charge is -2.43. The van der Waals surface area contributed by atoms with Crippen molar-refractivity contribution in [3.8, 4) is 0 Å². The molecule has 1 heterocycles. The summed E-state index contributed by atoms with van der Waals surface area (Å²) < 4.78 is 6.71. The first-order valence-corrected chi connectivity index (χ1v) is 7.32. The molecule has 0 fully saturated rings. The van der Waals surface area contributed by atoms with E-state index < -0.39 is 12.1 Å². The Hall–Kier alpha value is -2.14. The number of rotatable bonds is 2. The summed E-state index contributed by atoms with van der Waals surface area (Å²) in [5.74, 6) is -0.406. The monoisotopic (exact) mass is 300 g/mol. The molecule has 0 amide bonds. The van der Waals surface area contributed by atoms with Crippen LogP contribution in [0.4, 0.5) is 0 Å². The van der Waals surface area contributed by atoms with Crippen LogP contribution < -0.4 is 0 Å². The van der Waals surface area contributed by atoms with Crippen LogP contribution >= 0.6 is 0 Å². The summed E-state index contributed by atoms with van der Waals surface area (Å²) in [6, 6.07) is 7.74. The molecule has 0 radical (unpaired) electrons. The van der Waals surface area contributed by atoms with Gasteiger partial charge in [0.2, 0.25) is 0 Å². The lowest BCUT2D eigenvalue weighted by molar-refractivity contribution is 0.0554. The zero-order valence-corrected chi connectivity index (χ0v) is 13.0. The fourth-order valence-electron chi connectivity index (χ4n) is 3.50. The summed E-state index contributed by atoms with van der Waals surface area (Å²) in [7, 11) is 1.36. The number of aliphatic hydroxyl groups excluding tert-OH is 1. The van der Waals surface area contributed by atoms with Crippen LogP contribution in [0.25, 0.3) is 0 Å². The highest BCUT2D eigenvalue weighted by atomic mass is 16.5. The van der Waals surface area contributed by atoms with E-state index >= 15 is 0 Å². The Bertz CT molecular complexity index is 705. The summed E-state index contributed by atoms with van der Waals surface area (Å²) in [5, 5.41) is 10.4. The average Bonchev–Trinajstić information content (AvgIpc) is 2.94. The zero-order valence-electron chi connectivity index (χ0n) is 13.0. The number of fused-ring (bicyclic) bond motifs is 1. The van der Waals surface area contributed by atoms with Gasteiger partial charge in [0.25, 0.3) is 0 Å². The van der Waals surface area contributed by atoms with Crippen LogP contribution in [0.2, 0.25) is 0 Å². The second-order valence-corrected chi connectivity index (χ2v) is 6.42. The minimum Gasteiger partial charge on any atom is -0.464 e. The van der Waals surface area contributed by atoms with Crippen LogP contribution in [-0.4, -0.2) is 27.7 Å². The molecular weight excluding hydrogens is 280 g/mol. The molecule has 1 aromatic carbocycles. The Labute approximate surface area is 129 Å². The van der Waals surface area contributed by atoms with Gasteiger partial charge in [0.15, 0.2) is 0 Å². The van der Waals surface area contributed by atoms with Crippen molar-refractivity contribution in [2.45, 2.75) is 32.4 Å². The van der Waals surface area contributed by atoms with Crippen molar-refractivity contribution in [1.29, 1.82) is 0 Å². The van der Waals surface area contributed by atoms with E-state index in [2.05, 4.69) is 18.8 Å². The SMILES string of the molecule is COC(=O)c1cncn1[C@@H]1c2ccccc2[C@@H](O)CC1(C)C. The number of nitrogens with zero attached hydrogens (tertiary/aromatic N) is 2. The van der Waals surface area contributed by atoms with Gasteiger partial charge in [0.1, 0.15) is 5.69 Å². The van der Waals surface area contributed by atoms with Crippen LogP contribution in [-0.2, 0) is 4.74 Å².